The van der Waals surface area contributed by atoms with Crippen LogP contribution in [0.2, 0.25) is 0 Å². The van der Waals surface area contributed by atoms with E-state index in [9.17, 15) is 34.8 Å². The number of aromatic hydroxyl groups is 1. The Morgan fingerprint density at radius 3 is 2.29 bits per heavy atom. The number of carbonyl (C=O) groups excluding carboxylic acids is 3. The lowest BCUT2D eigenvalue weighted by Gasteiger charge is -2.50. The first-order valence-corrected chi connectivity index (χ1v) is 14.2. The lowest BCUT2D eigenvalue weighted by atomic mass is 9.57. The van der Waals surface area contributed by atoms with Gasteiger partial charge in [0.15, 0.2) is 11.4 Å². The number of phenolic OH excluding ortho intramolecular Hbond substituents is 1. The van der Waals surface area contributed by atoms with Crippen LogP contribution < -0.4 is 10.6 Å². The van der Waals surface area contributed by atoms with E-state index in [1.54, 1.807) is 14.1 Å². The number of benzene rings is 1. The maximum atomic E-state index is 14.1. The fourth-order valence-electron chi connectivity index (χ4n) is 7.52. The highest BCUT2D eigenvalue weighted by molar-refractivity contribution is 6.24. The summed E-state index contributed by atoms with van der Waals surface area (Å²) >= 11 is 0. The molecule has 1 saturated carbocycles. The first-order valence-electron chi connectivity index (χ1n) is 14.2. The van der Waals surface area contributed by atoms with E-state index >= 15 is 0 Å². The van der Waals surface area contributed by atoms with Crippen molar-refractivity contribution in [3.8, 4) is 5.75 Å². The smallest absolute Gasteiger partial charge is 0.255 e. The Balaban J connectivity index is 1.67. The van der Waals surface area contributed by atoms with E-state index in [0.29, 0.717) is 30.8 Å². The van der Waals surface area contributed by atoms with Crippen molar-refractivity contribution in [3.63, 3.8) is 0 Å². The fraction of sp³-hybridized carbons (Fsp3) is 0.567. The van der Waals surface area contributed by atoms with Crippen LogP contribution in [0.25, 0.3) is 5.76 Å². The van der Waals surface area contributed by atoms with Gasteiger partial charge in [-0.05, 0) is 58.3 Å². The van der Waals surface area contributed by atoms with Gasteiger partial charge in [-0.2, -0.15) is 0 Å². The lowest BCUT2D eigenvalue weighted by Crippen LogP contribution is -2.65. The van der Waals surface area contributed by atoms with Crippen LogP contribution in [0, 0.1) is 11.8 Å². The minimum atomic E-state index is -2.66. The third-order valence-electron chi connectivity index (χ3n) is 9.15. The number of ketones is 2. The normalized spacial score (nSPS) is 31.7. The molecule has 4 aliphatic rings. The molecule has 12 nitrogen and oxygen atoms in total. The summed E-state index contributed by atoms with van der Waals surface area (Å²) in [7, 11) is 6.86. The predicted octanol–water partition coefficient (Wildman–Crippen LogP) is 0.639. The van der Waals surface area contributed by atoms with Crippen LogP contribution >= 0.6 is 0 Å². The SMILES string of the molecule is C[C@@H]1CN(Cc2cc(N(C)C)c3c(c2O)C(O)=C2C(=O)[C@]4(O)C(O)=C(C(N)=O)C(=O)[C@@H](N(C)C)[C@@H]4C[C@@H]2C3)C[C@H](C)O1. The van der Waals surface area contributed by atoms with Gasteiger partial charge in [0.2, 0.25) is 5.78 Å². The van der Waals surface area contributed by atoms with Gasteiger partial charge in [0, 0.05) is 56.5 Å². The molecule has 1 aromatic rings. The molecule has 1 aliphatic heterocycles. The summed E-state index contributed by atoms with van der Waals surface area (Å²) in [4.78, 5) is 45.1. The Labute approximate surface area is 244 Å². The molecule has 12 heteroatoms. The molecule has 1 saturated heterocycles. The van der Waals surface area contributed by atoms with E-state index < -0.39 is 58.0 Å². The number of amides is 1. The molecule has 1 aromatic carbocycles. The maximum absolute atomic E-state index is 14.1. The molecule has 0 unspecified atom stereocenters. The van der Waals surface area contributed by atoms with Crippen LogP contribution in [0.4, 0.5) is 5.69 Å². The number of hydrogen-bond acceptors (Lipinski definition) is 11. The summed E-state index contributed by atoms with van der Waals surface area (Å²) in [6.45, 7) is 5.65. The molecule has 1 heterocycles. The van der Waals surface area contributed by atoms with Crippen molar-refractivity contribution in [2.75, 3.05) is 46.2 Å². The van der Waals surface area contributed by atoms with Gasteiger partial charge >= 0.3 is 0 Å². The average molecular weight is 585 g/mol. The number of rotatable bonds is 5. The van der Waals surface area contributed by atoms with E-state index in [1.165, 1.54) is 4.90 Å². The van der Waals surface area contributed by atoms with Crippen molar-refractivity contribution in [3.05, 3.63) is 39.7 Å². The van der Waals surface area contributed by atoms with Gasteiger partial charge < -0.3 is 35.8 Å². The molecule has 0 spiro atoms. The van der Waals surface area contributed by atoms with Crippen LogP contribution in [0.1, 0.15) is 37.0 Å². The molecule has 0 radical (unpaired) electrons. The number of ether oxygens (including phenoxy) is 1. The van der Waals surface area contributed by atoms with Crippen LogP contribution in [-0.4, -0.2) is 113 Å². The highest BCUT2D eigenvalue weighted by atomic mass is 16.5. The Morgan fingerprint density at radius 2 is 1.74 bits per heavy atom. The Hall–Kier alpha value is -3.45. The number of nitrogens with two attached hydrogens (primary N) is 1. The highest BCUT2D eigenvalue weighted by Gasteiger charge is 2.64. The second-order valence-corrected chi connectivity index (χ2v) is 12.6. The topological polar surface area (TPSA) is 177 Å². The van der Waals surface area contributed by atoms with Gasteiger partial charge in [0.05, 0.1) is 23.8 Å². The van der Waals surface area contributed by atoms with Crippen LogP contribution in [0.15, 0.2) is 23.0 Å². The van der Waals surface area contributed by atoms with E-state index in [0.717, 1.165) is 5.69 Å². The van der Waals surface area contributed by atoms with Crippen molar-refractivity contribution in [1.82, 2.24) is 9.80 Å². The molecule has 1 amide bonds. The van der Waals surface area contributed by atoms with E-state index in [2.05, 4.69) is 4.90 Å². The summed E-state index contributed by atoms with van der Waals surface area (Å²) in [5, 5.41) is 46.1. The summed E-state index contributed by atoms with van der Waals surface area (Å²) < 4.78 is 5.84. The number of nitrogens with zero attached hydrogens (tertiary/aromatic N) is 3. The molecule has 6 N–H and O–H groups in total. The summed E-state index contributed by atoms with van der Waals surface area (Å²) in [6, 6.07) is 0.767. The molecule has 42 heavy (non-hydrogen) atoms. The first-order chi connectivity index (χ1) is 19.6. The second-order valence-electron chi connectivity index (χ2n) is 12.6. The standard InChI is InChI=1S/C30H40N4O8/c1-13-10-34(11-14(2)42-13)12-16-9-19(32(3)4)17-7-15-8-18-23(33(5)6)26(37)22(29(31)40)28(39)30(18,41)27(38)20(15)25(36)21(17)24(16)35/h9,13-15,18,23,35-36,39,41H,7-8,10-12H2,1-6H3,(H2,31,40)/t13-,14+,15-,18-,23-,30-/m0/s1. The zero-order chi connectivity index (χ0) is 31.0. The average Bonchev–Trinajstić information content (AvgIpc) is 2.86. The molecule has 6 atom stereocenters. The molecule has 0 bridgehead atoms. The van der Waals surface area contributed by atoms with Gasteiger partial charge in [0.1, 0.15) is 22.8 Å². The largest absolute Gasteiger partial charge is 0.508 e. The number of Topliss-reactive ketones (excluding diaryl/α,β-unsaturated/α-hetero) is 2. The first kappa shape index (κ1) is 30.0. The number of phenols is 1. The number of fused-ring (bicyclic) bond motifs is 3. The fourth-order valence-corrected chi connectivity index (χ4v) is 7.52. The van der Waals surface area contributed by atoms with E-state index in [-0.39, 0.29) is 41.9 Å². The predicted molar refractivity (Wildman–Crippen MR) is 154 cm³/mol. The Kier molecular flexibility index (Phi) is 7.41. The van der Waals surface area contributed by atoms with E-state index in [4.69, 9.17) is 10.5 Å². The Morgan fingerprint density at radius 1 is 1.12 bits per heavy atom. The number of likely N-dealkylation sites (N-methyl/N-ethyl adjacent to an activating group) is 1. The maximum Gasteiger partial charge on any atom is 0.255 e. The monoisotopic (exact) mass is 584 g/mol. The van der Waals surface area contributed by atoms with Gasteiger partial charge in [-0.3, -0.25) is 24.2 Å². The molecular weight excluding hydrogens is 544 g/mol. The van der Waals surface area contributed by atoms with Gasteiger partial charge in [0.25, 0.3) is 5.91 Å². The number of anilines is 1. The second kappa shape index (κ2) is 10.4. The number of morpholine rings is 1. The number of aliphatic hydroxyl groups is 3. The number of carbonyl (C=O) groups is 3. The van der Waals surface area contributed by atoms with Crippen molar-refractivity contribution >= 4 is 28.9 Å². The van der Waals surface area contributed by atoms with Crippen molar-refractivity contribution in [2.45, 2.75) is 57.1 Å². The quantitative estimate of drug-likeness (QED) is 0.307. The Bertz CT molecular complexity index is 1420. The molecule has 0 aromatic heterocycles. The summed E-state index contributed by atoms with van der Waals surface area (Å²) in [6.07, 6.45) is 0.295. The molecule has 2 fully saturated rings. The van der Waals surface area contributed by atoms with Crippen LogP contribution in [-0.2, 0) is 32.1 Å². The zero-order valence-electron chi connectivity index (χ0n) is 24.8. The van der Waals surface area contributed by atoms with Gasteiger partial charge in [-0.15, -0.1) is 0 Å². The minimum absolute atomic E-state index is 0.00561. The molecule has 5 rings (SSSR count). The van der Waals surface area contributed by atoms with E-state index in [1.807, 2.05) is 38.9 Å². The van der Waals surface area contributed by atoms with Crippen molar-refractivity contribution < 1.29 is 39.5 Å². The van der Waals surface area contributed by atoms with Crippen LogP contribution in [0.5, 0.6) is 5.75 Å². The molecule has 3 aliphatic carbocycles. The number of primary amides is 1. The third-order valence-corrected chi connectivity index (χ3v) is 9.15. The zero-order valence-corrected chi connectivity index (χ0v) is 24.8. The van der Waals surface area contributed by atoms with Gasteiger partial charge in [-0.1, -0.05) is 0 Å². The summed E-state index contributed by atoms with van der Waals surface area (Å²) in [5.74, 6) is -6.55. The van der Waals surface area contributed by atoms with Crippen molar-refractivity contribution in [2.24, 2.45) is 17.6 Å². The molecular formula is C30H40N4O8. The van der Waals surface area contributed by atoms with Crippen molar-refractivity contribution in [1.29, 1.82) is 0 Å². The number of aliphatic hydroxyl groups excluding tert-OH is 2. The van der Waals surface area contributed by atoms with Gasteiger partial charge in [-0.25, -0.2) is 0 Å². The highest BCUT2D eigenvalue weighted by Crippen LogP contribution is 2.54. The number of hydrogen-bond donors (Lipinski definition) is 5. The molecule has 228 valence electrons. The minimum Gasteiger partial charge on any atom is -0.508 e. The lowest BCUT2D eigenvalue weighted by molar-refractivity contribution is -0.153. The summed E-state index contributed by atoms with van der Waals surface area (Å²) in [5.41, 5.74) is 3.80. The third kappa shape index (κ3) is 4.39. The van der Waals surface area contributed by atoms with Crippen LogP contribution in [0.3, 0.4) is 0 Å².